The molecule has 3 rings (SSSR count). The molecule has 0 spiro atoms. The van der Waals surface area contributed by atoms with Gasteiger partial charge in [-0.05, 0) is 61.5 Å². The number of carboxylic acids is 1. The van der Waals surface area contributed by atoms with E-state index >= 15 is 0 Å². The molecule has 2 amide bonds. The number of rotatable bonds is 6. The Morgan fingerprint density at radius 2 is 1.97 bits per heavy atom. The zero-order valence-corrected chi connectivity index (χ0v) is 17.8. The van der Waals surface area contributed by atoms with Gasteiger partial charge in [0, 0.05) is 5.56 Å². The number of nitrogens with zero attached hydrogens (tertiary/aromatic N) is 1. The van der Waals surface area contributed by atoms with Crippen molar-refractivity contribution in [3.63, 3.8) is 0 Å². The zero-order chi connectivity index (χ0) is 21.8. The lowest BCUT2D eigenvalue weighted by molar-refractivity contribution is -0.144. The molecule has 9 heteroatoms. The predicted molar refractivity (Wildman–Crippen MR) is 118 cm³/mol. The van der Waals surface area contributed by atoms with Gasteiger partial charge in [0.05, 0.1) is 4.91 Å². The smallest absolute Gasteiger partial charge is 0.344 e. The maximum atomic E-state index is 12.7. The molecule has 1 unspecified atom stereocenters. The van der Waals surface area contributed by atoms with E-state index < -0.39 is 23.9 Å². The van der Waals surface area contributed by atoms with Crippen molar-refractivity contribution in [3.05, 3.63) is 70.1 Å². The van der Waals surface area contributed by atoms with E-state index in [2.05, 4.69) is 5.43 Å². The number of ether oxygens (including phenoxy) is 1. The Balaban J connectivity index is 1.76. The summed E-state index contributed by atoms with van der Waals surface area (Å²) in [5, 5.41) is 10.0. The molecule has 2 aromatic carbocycles. The van der Waals surface area contributed by atoms with Crippen LogP contribution >= 0.6 is 24.0 Å². The fraction of sp³-hybridized carbons (Fsp3) is 0.143. The molecule has 1 atom stereocenters. The van der Waals surface area contributed by atoms with Crippen LogP contribution < -0.4 is 10.2 Å². The van der Waals surface area contributed by atoms with Gasteiger partial charge in [-0.25, -0.2) is 4.79 Å². The van der Waals surface area contributed by atoms with Gasteiger partial charge >= 0.3 is 5.97 Å². The minimum absolute atomic E-state index is 0.208. The van der Waals surface area contributed by atoms with E-state index in [1.807, 2.05) is 6.07 Å². The van der Waals surface area contributed by atoms with Crippen LogP contribution in [0.5, 0.6) is 5.75 Å². The average molecular weight is 443 g/mol. The van der Waals surface area contributed by atoms with E-state index in [0.29, 0.717) is 21.8 Å². The molecule has 1 aliphatic heterocycles. The summed E-state index contributed by atoms with van der Waals surface area (Å²) in [6.45, 7) is 3.23. The summed E-state index contributed by atoms with van der Waals surface area (Å²) in [4.78, 5) is 36.6. The first-order valence-corrected chi connectivity index (χ1v) is 10.1. The minimum Gasteiger partial charge on any atom is -0.479 e. The molecule has 1 saturated heterocycles. The molecule has 2 aromatic rings. The standard InChI is InChI=1S/C21H18N2O5S2/c1-12-6-3-4-9-16(12)18(24)22-23-19(25)17(30-21(23)29)11-14-7-5-8-15(10-14)28-13(2)20(26)27/h3-11,13H,1-2H3,(H,22,24)(H,26,27)/b17-11+. The van der Waals surface area contributed by atoms with Gasteiger partial charge in [-0.2, -0.15) is 5.01 Å². The summed E-state index contributed by atoms with van der Waals surface area (Å²) in [5.41, 5.74) is 4.42. The maximum Gasteiger partial charge on any atom is 0.344 e. The highest BCUT2D eigenvalue weighted by atomic mass is 32.2. The van der Waals surface area contributed by atoms with Crippen LogP contribution in [0, 0.1) is 6.92 Å². The molecule has 7 nitrogen and oxygen atoms in total. The van der Waals surface area contributed by atoms with Crippen LogP contribution in [0.25, 0.3) is 6.08 Å². The molecule has 1 fully saturated rings. The summed E-state index contributed by atoms with van der Waals surface area (Å²) in [6.07, 6.45) is 0.604. The van der Waals surface area contributed by atoms with Crippen molar-refractivity contribution in [2.75, 3.05) is 0 Å². The quantitative estimate of drug-likeness (QED) is 0.523. The Morgan fingerprint density at radius 3 is 2.67 bits per heavy atom. The highest BCUT2D eigenvalue weighted by molar-refractivity contribution is 8.26. The molecule has 0 aromatic heterocycles. The van der Waals surface area contributed by atoms with Gasteiger partial charge in [-0.3, -0.25) is 15.0 Å². The van der Waals surface area contributed by atoms with Crippen molar-refractivity contribution >= 4 is 52.2 Å². The first-order chi connectivity index (χ1) is 14.3. The topological polar surface area (TPSA) is 95.9 Å². The van der Waals surface area contributed by atoms with Crippen LogP contribution in [-0.4, -0.2) is 38.3 Å². The van der Waals surface area contributed by atoms with Gasteiger partial charge in [-0.15, -0.1) is 0 Å². The Hall–Kier alpha value is -3.17. The molecule has 1 heterocycles. The summed E-state index contributed by atoms with van der Waals surface area (Å²) in [5.74, 6) is -1.59. The highest BCUT2D eigenvalue weighted by Gasteiger charge is 2.34. The summed E-state index contributed by atoms with van der Waals surface area (Å²) >= 11 is 6.31. The third-order valence-corrected chi connectivity index (χ3v) is 5.52. The molecular formula is C21H18N2O5S2. The number of hydrazine groups is 1. The lowest BCUT2D eigenvalue weighted by Gasteiger charge is -2.16. The first kappa shape index (κ1) is 21.5. The van der Waals surface area contributed by atoms with Gasteiger partial charge in [0.25, 0.3) is 11.8 Å². The van der Waals surface area contributed by atoms with Gasteiger partial charge in [0.15, 0.2) is 10.4 Å². The number of thioether (sulfide) groups is 1. The Morgan fingerprint density at radius 1 is 1.23 bits per heavy atom. The van der Waals surface area contributed by atoms with Crippen molar-refractivity contribution in [2.24, 2.45) is 0 Å². The SMILES string of the molecule is Cc1ccccc1C(=O)NN1C(=O)/C(=C\c2cccc(OC(C)C(=O)O)c2)SC1=S. The van der Waals surface area contributed by atoms with Crippen LogP contribution in [0.2, 0.25) is 0 Å². The number of aliphatic carboxylic acids is 1. The van der Waals surface area contributed by atoms with Crippen LogP contribution in [-0.2, 0) is 9.59 Å². The molecule has 1 aliphatic rings. The second-order valence-corrected chi connectivity index (χ2v) is 8.12. The first-order valence-electron chi connectivity index (χ1n) is 8.90. The number of amides is 2. The highest BCUT2D eigenvalue weighted by Crippen LogP contribution is 2.32. The molecule has 2 N–H and O–H groups in total. The number of carbonyl (C=O) groups is 3. The van der Waals surface area contributed by atoms with Crippen LogP contribution in [0.3, 0.4) is 0 Å². The van der Waals surface area contributed by atoms with Crippen LogP contribution in [0.15, 0.2) is 53.4 Å². The Bertz CT molecular complexity index is 1070. The van der Waals surface area contributed by atoms with Gasteiger partial charge in [0.2, 0.25) is 0 Å². The zero-order valence-electron chi connectivity index (χ0n) is 16.1. The van der Waals surface area contributed by atoms with Crippen molar-refractivity contribution in [3.8, 4) is 5.75 Å². The second-order valence-electron chi connectivity index (χ2n) is 6.44. The fourth-order valence-corrected chi connectivity index (χ4v) is 3.82. The molecule has 30 heavy (non-hydrogen) atoms. The monoisotopic (exact) mass is 442 g/mol. The third kappa shape index (κ3) is 4.87. The van der Waals surface area contributed by atoms with Gasteiger partial charge < -0.3 is 9.84 Å². The van der Waals surface area contributed by atoms with E-state index in [-0.39, 0.29) is 4.32 Å². The van der Waals surface area contributed by atoms with E-state index in [9.17, 15) is 14.4 Å². The van der Waals surface area contributed by atoms with Crippen molar-refractivity contribution in [1.29, 1.82) is 0 Å². The second kappa shape index (κ2) is 9.10. The van der Waals surface area contributed by atoms with E-state index in [1.165, 1.54) is 6.92 Å². The molecule has 154 valence electrons. The minimum atomic E-state index is -1.08. The lowest BCUT2D eigenvalue weighted by Crippen LogP contribution is -2.45. The number of carboxylic acid groups (broad SMARTS) is 1. The number of nitrogens with one attached hydrogen (secondary N) is 1. The number of benzene rings is 2. The predicted octanol–water partition coefficient (Wildman–Crippen LogP) is 3.39. The number of hydrogen-bond donors (Lipinski definition) is 2. The normalized spacial score (nSPS) is 15.9. The molecule has 0 saturated carbocycles. The van der Waals surface area contributed by atoms with E-state index in [4.69, 9.17) is 22.1 Å². The number of aryl methyl sites for hydroxylation is 1. The number of thiocarbonyl (C=S) groups is 1. The van der Waals surface area contributed by atoms with E-state index in [1.54, 1.807) is 55.5 Å². The van der Waals surface area contributed by atoms with Crippen LogP contribution in [0.1, 0.15) is 28.4 Å². The Kier molecular flexibility index (Phi) is 6.53. The molecule has 0 bridgehead atoms. The number of carbonyl (C=O) groups excluding carboxylic acids is 2. The largest absolute Gasteiger partial charge is 0.479 e. The van der Waals surface area contributed by atoms with Crippen molar-refractivity contribution < 1.29 is 24.2 Å². The van der Waals surface area contributed by atoms with Gasteiger partial charge in [-0.1, -0.05) is 42.1 Å². The summed E-state index contributed by atoms with van der Waals surface area (Å²) in [7, 11) is 0. The summed E-state index contributed by atoms with van der Waals surface area (Å²) < 4.78 is 5.56. The van der Waals surface area contributed by atoms with Crippen LogP contribution in [0.4, 0.5) is 0 Å². The molecule has 0 radical (unpaired) electrons. The van der Waals surface area contributed by atoms with Crippen molar-refractivity contribution in [1.82, 2.24) is 10.4 Å². The van der Waals surface area contributed by atoms with E-state index in [0.717, 1.165) is 22.3 Å². The average Bonchev–Trinajstić information content (AvgIpc) is 2.95. The molecular weight excluding hydrogens is 424 g/mol. The summed E-state index contributed by atoms with van der Waals surface area (Å²) in [6, 6.07) is 13.7. The Labute approximate surface area is 182 Å². The number of hydrogen-bond acceptors (Lipinski definition) is 6. The maximum absolute atomic E-state index is 12.7. The van der Waals surface area contributed by atoms with Gasteiger partial charge in [0.1, 0.15) is 5.75 Å². The fourth-order valence-electron chi connectivity index (χ4n) is 2.64. The molecule has 0 aliphatic carbocycles. The van der Waals surface area contributed by atoms with Crippen molar-refractivity contribution in [2.45, 2.75) is 20.0 Å². The lowest BCUT2D eigenvalue weighted by atomic mass is 10.1. The third-order valence-electron chi connectivity index (χ3n) is 4.21.